The normalized spacial score (nSPS) is 10.3. The fourth-order valence-electron chi connectivity index (χ4n) is 1.74. The van der Waals surface area contributed by atoms with E-state index in [1.807, 2.05) is 25.1 Å². The first-order valence-electron chi connectivity index (χ1n) is 5.71. The number of carboxylic acid groups (broad SMARTS) is 1. The van der Waals surface area contributed by atoms with Gasteiger partial charge in [-0.05, 0) is 53.5 Å². The van der Waals surface area contributed by atoms with Crippen LogP contribution in [-0.2, 0) is 0 Å². The highest BCUT2D eigenvalue weighted by molar-refractivity contribution is 9.10. The van der Waals surface area contributed by atoms with E-state index in [4.69, 9.17) is 5.11 Å². The maximum atomic E-state index is 11.0. The number of hydrogen-bond donors (Lipinski definition) is 2. The molecular weight excluding hydrogens is 308 g/mol. The number of hydrogen-bond acceptors (Lipinski definition) is 3. The van der Waals surface area contributed by atoms with E-state index in [1.165, 1.54) is 6.07 Å². The third-order valence-electron chi connectivity index (χ3n) is 2.65. The van der Waals surface area contributed by atoms with E-state index in [0.717, 1.165) is 15.7 Å². The van der Waals surface area contributed by atoms with Crippen LogP contribution in [0.4, 0.5) is 11.5 Å². The third kappa shape index (κ3) is 3.12. The van der Waals surface area contributed by atoms with Crippen LogP contribution in [-0.4, -0.2) is 16.1 Å². The molecule has 0 spiro atoms. The van der Waals surface area contributed by atoms with Crippen molar-refractivity contribution in [2.75, 3.05) is 5.32 Å². The second-order valence-corrected chi connectivity index (χ2v) is 5.04. The minimum atomic E-state index is -0.961. The zero-order chi connectivity index (χ0) is 14.0. The van der Waals surface area contributed by atoms with Crippen molar-refractivity contribution in [1.29, 1.82) is 0 Å². The van der Waals surface area contributed by atoms with E-state index >= 15 is 0 Å². The van der Waals surface area contributed by atoms with Gasteiger partial charge in [0.1, 0.15) is 5.82 Å². The number of nitrogens with one attached hydrogen (secondary N) is 1. The number of aryl methyl sites for hydroxylation is 2. The summed E-state index contributed by atoms with van der Waals surface area (Å²) in [5.74, 6) is -0.444. The molecule has 0 saturated heterocycles. The van der Waals surface area contributed by atoms with Crippen LogP contribution in [0.25, 0.3) is 0 Å². The first-order valence-corrected chi connectivity index (χ1v) is 6.51. The number of rotatable bonds is 3. The number of aromatic carboxylic acids is 1. The van der Waals surface area contributed by atoms with Crippen LogP contribution in [0, 0.1) is 13.8 Å². The Balaban J connectivity index is 2.38. The quantitative estimate of drug-likeness (QED) is 0.900. The summed E-state index contributed by atoms with van der Waals surface area (Å²) in [5, 5.41) is 12.2. The van der Waals surface area contributed by atoms with Gasteiger partial charge in [0.25, 0.3) is 0 Å². The molecule has 2 N–H and O–H groups in total. The Bertz CT molecular complexity index is 641. The molecule has 98 valence electrons. The van der Waals surface area contributed by atoms with Crippen LogP contribution in [0.2, 0.25) is 0 Å². The number of carboxylic acids is 1. The highest BCUT2D eigenvalue weighted by Crippen LogP contribution is 2.28. The van der Waals surface area contributed by atoms with Crippen molar-refractivity contribution >= 4 is 33.4 Å². The molecule has 0 aliphatic carbocycles. The van der Waals surface area contributed by atoms with Crippen molar-refractivity contribution in [2.24, 2.45) is 0 Å². The first-order chi connectivity index (χ1) is 8.97. The Kier molecular flexibility index (Phi) is 3.85. The van der Waals surface area contributed by atoms with Crippen molar-refractivity contribution in [3.8, 4) is 0 Å². The van der Waals surface area contributed by atoms with Gasteiger partial charge in [-0.2, -0.15) is 0 Å². The lowest BCUT2D eigenvalue weighted by Gasteiger charge is -2.10. The molecule has 2 rings (SSSR count). The minimum absolute atomic E-state index is 0.221. The van der Waals surface area contributed by atoms with Crippen LogP contribution in [0.1, 0.15) is 21.6 Å². The Hall–Kier alpha value is -1.88. The number of pyridine rings is 1. The summed E-state index contributed by atoms with van der Waals surface area (Å²) in [7, 11) is 0. The zero-order valence-electron chi connectivity index (χ0n) is 10.6. The van der Waals surface area contributed by atoms with E-state index < -0.39 is 5.97 Å². The van der Waals surface area contributed by atoms with Gasteiger partial charge in [0.2, 0.25) is 0 Å². The first kappa shape index (κ1) is 13.5. The third-order valence-corrected chi connectivity index (χ3v) is 3.71. The molecule has 0 atom stereocenters. The van der Waals surface area contributed by atoms with Crippen molar-refractivity contribution in [3.63, 3.8) is 0 Å². The van der Waals surface area contributed by atoms with Gasteiger partial charge in [-0.1, -0.05) is 12.1 Å². The molecule has 1 aromatic heterocycles. The van der Waals surface area contributed by atoms with Gasteiger partial charge in [0.15, 0.2) is 0 Å². The highest BCUT2D eigenvalue weighted by atomic mass is 79.9. The second-order valence-electron chi connectivity index (χ2n) is 4.25. The lowest BCUT2D eigenvalue weighted by atomic mass is 10.2. The molecule has 0 aliphatic heterocycles. The van der Waals surface area contributed by atoms with Gasteiger partial charge in [-0.25, -0.2) is 9.78 Å². The molecule has 0 amide bonds. The van der Waals surface area contributed by atoms with E-state index in [9.17, 15) is 4.79 Å². The molecule has 0 fully saturated rings. The molecule has 1 heterocycles. The Morgan fingerprint density at radius 3 is 2.74 bits per heavy atom. The van der Waals surface area contributed by atoms with Crippen LogP contribution in [0.5, 0.6) is 0 Å². The van der Waals surface area contributed by atoms with Gasteiger partial charge in [-0.3, -0.25) is 0 Å². The molecule has 2 aromatic rings. The van der Waals surface area contributed by atoms with Crippen molar-refractivity contribution < 1.29 is 9.90 Å². The summed E-state index contributed by atoms with van der Waals surface area (Å²) in [6.45, 7) is 3.75. The van der Waals surface area contributed by atoms with Crippen molar-refractivity contribution in [2.45, 2.75) is 13.8 Å². The average Bonchev–Trinajstić information content (AvgIpc) is 2.34. The predicted molar refractivity (Wildman–Crippen MR) is 78.1 cm³/mol. The maximum absolute atomic E-state index is 11.0. The van der Waals surface area contributed by atoms with Crippen LogP contribution >= 0.6 is 15.9 Å². The summed E-state index contributed by atoms with van der Waals surface area (Å²) in [4.78, 5) is 15.3. The molecular formula is C14H13BrN2O2. The zero-order valence-corrected chi connectivity index (χ0v) is 12.2. The molecule has 0 radical (unpaired) electrons. The lowest BCUT2D eigenvalue weighted by Crippen LogP contribution is -2.02. The standard InChI is InChI=1S/C14H13BrN2O2/c1-8-4-3-5-11(13(8)15)17-12-7-10(14(18)19)6-9(2)16-12/h3-7H,1-2H3,(H,16,17)(H,18,19). The summed E-state index contributed by atoms with van der Waals surface area (Å²) < 4.78 is 0.940. The Labute approximate surface area is 119 Å². The second kappa shape index (κ2) is 5.40. The molecule has 5 heteroatoms. The summed E-state index contributed by atoms with van der Waals surface area (Å²) in [6, 6.07) is 8.88. The largest absolute Gasteiger partial charge is 0.478 e. The molecule has 1 aromatic carbocycles. The van der Waals surface area contributed by atoms with Gasteiger partial charge >= 0.3 is 5.97 Å². The Morgan fingerprint density at radius 1 is 1.32 bits per heavy atom. The Morgan fingerprint density at radius 2 is 2.05 bits per heavy atom. The molecule has 0 aliphatic rings. The number of halogens is 1. The lowest BCUT2D eigenvalue weighted by molar-refractivity contribution is 0.0696. The van der Waals surface area contributed by atoms with Crippen molar-refractivity contribution in [3.05, 3.63) is 51.6 Å². The minimum Gasteiger partial charge on any atom is -0.478 e. The van der Waals surface area contributed by atoms with Crippen LogP contribution in [0.3, 0.4) is 0 Å². The van der Waals surface area contributed by atoms with E-state index in [0.29, 0.717) is 11.5 Å². The van der Waals surface area contributed by atoms with Crippen LogP contribution in [0.15, 0.2) is 34.8 Å². The predicted octanol–water partition coefficient (Wildman–Crippen LogP) is 3.90. The summed E-state index contributed by atoms with van der Waals surface area (Å²) in [5.41, 5.74) is 2.83. The van der Waals surface area contributed by atoms with Gasteiger partial charge < -0.3 is 10.4 Å². The number of carbonyl (C=O) groups is 1. The van der Waals surface area contributed by atoms with Gasteiger partial charge in [0.05, 0.1) is 11.3 Å². The summed E-state index contributed by atoms with van der Waals surface area (Å²) >= 11 is 3.50. The fourth-order valence-corrected chi connectivity index (χ4v) is 2.10. The average molecular weight is 321 g/mol. The topological polar surface area (TPSA) is 62.2 Å². The van der Waals surface area contributed by atoms with E-state index in [1.54, 1.807) is 13.0 Å². The summed E-state index contributed by atoms with van der Waals surface area (Å²) in [6.07, 6.45) is 0. The fraction of sp³-hybridized carbons (Fsp3) is 0.143. The number of benzene rings is 1. The highest BCUT2D eigenvalue weighted by Gasteiger charge is 2.08. The molecule has 19 heavy (non-hydrogen) atoms. The number of anilines is 2. The smallest absolute Gasteiger partial charge is 0.335 e. The molecule has 0 unspecified atom stereocenters. The van der Waals surface area contributed by atoms with Crippen molar-refractivity contribution in [1.82, 2.24) is 4.98 Å². The molecule has 0 bridgehead atoms. The van der Waals surface area contributed by atoms with Gasteiger partial charge in [0, 0.05) is 10.2 Å². The SMILES string of the molecule is Cc1cc(C(=O)O)cc(Nc2cccc(C)c2Br)n1. The molecule has 4 nitrogen and oxygen atoms in total. The van der Waals surface area contributed by atoms with Gasteiger partial charge in [-0.15, -0.1) is 0 Å². The monoisotopic (exact) mass is 320 g/mol. The number of nitrogens with zero attached hydrogens (tertiary/aromatic N) is 1. The van der Waals surface area contributed by atoms with Crippen LogP contribution < -0.4 is 5.32 Å². The molecule has 0 saturated carbocycles. The van der Waals surface area contributed by atoms with E-state index in [2.05, 4.69) is 26.2 Å². The van der Waals surface area contributed by atoms with E-state index in [-0.39, 0.29) is 5.56 Å². The number of aromatic nitrogens is 1. The maximum Gasteiger partial charge on any atom is 0.335 e.